The first-order chi connectivity index (χ1) is 12.0. The van der Waals surface area contributed by atoms with Crippen LogP contribution >= 0.6 is 0 Å². The van der Waals surface area contributed by atoms with Crippen molar-refractivity contribution in [2.75, 3.05) is 11.4 Å². The molecule has 0 spiro atoms. The van der Waals surface area contributed by atoms with E-state index < -0.39 is 10.0 Å². The maximum absolute atomic E-state index is 13.0. The highest BCUT2D eigenvalue weighted by Crippen LogP contribution is 2.28. The molecule has 2 aromatic carbocycles. The fourth-order valence-corrected chi connectivity index (χ4v) is 4.54. The molecule has 0 saturated heterocycles. The topological polar surface area (TPSA) is 66.5 Å². The summed E-state index contributed by atoms with van der Waals surface area (Å²) >= 11 is 0. The zero-order chi connectivity index (χ0) is 17.4. The Hall–Kier alpha value is -2.18. The maximum atomic E-state index is 13.0. The van der Waals surface area contributed by atoms with Crippen molar-refractivity contribution in [3.05, 3.63) is 59.7 Å². The number of fused-ring (bicyclic) bond motifs is 1. The van der Waals surface area contributed by atoms with E-state index in [1.165, 1.54) is 12.1 Å². The van der Waals surface area contributed by atoms with Gasteiger partial charge < -0.3 is 4.90 Å². The fourth-order valence-electron chi connectivity index (χ4n) is 3.19. The minimum Gasteiger partial charge on any atom is -0.308 e. The molecule has 2 aliphatic rings. The van der Waals surface area contributed by atoms with Gasteiger partial charge in [0.2, 0.25) is 10.0 Å². The van der Waals surface area contributed by atoms with Crippen LogP contribution in [0.4, 0.5) is 5.69 Å². The van der Waals surface area contributed by atoms with E-state index in [1.54, 1.807) is 17.0 Å². The monoisotopic (exact) mass is 356 g/mol. The molecule has 0 radical (unpaired) electrons. The number of amides is 1. The van der Waals surface area contributed by atoms with Gasteiger partial charge in [-0.2, -0.15) is 0 Å². The van der Waals surface area contributed by atoms with Gasteiger partial charge in [0.25, 0.3) is 5.91 Å². The quantitative estimate of drug-likeness (QED) is 0.916. The molecule has 130 valence electrons. The Labute approximate surface area is 147 Å². The lowest BCUT2D eigenvalue weighted by Gasteiger charge is -2.29. The number of aryl methyl sites for hydroxylation is 1. The molecule has 0 unspecified atom stereocenters. The molecule has 6 heteroatoms. The Morgan fingerprint density at radius 3 is 2.68 bits per heavy atom. The molecule has 0 bridgehead atoms. The second-order valence-electron chi connectivity index (χ2n) is 6.61. The van der Waals surface area contributed by atoms with E-state index in [2.05, 4.69) is 4.72 Å². The number of para-hydroxylation sites is 1. The predicted molar refractivity (Wildman–Crippen MR) is 96.2 cm³/mol. The third-order valence-electron chi connectivity index (χ3n) is 4.65. The summed E-state index contributed by atoms with van der Waals surface area (Å²) in [7, 11) is -3.57. The van der Waals surface area contributed by atoms with Gasteiger partial charge in [0.15, 0.2) is 0 Å². The zero-order valence-corrected chi connectivity index (χ0v) is 14.6. The van der Waals surface area contributed by atoms with Crippen LogP contribution in [0.3, 0.4) is 0 Å². The first-order valence-corrected chi connectivity index (χ1v) is 10.0. The molecule has 2 aromatic rings. The highest BCUT2D eigenvalue weighted by molar-refractivity contribution is 7.89. The molecule has 1 N–H and O–H groups in total. The summed E-state index contributed by atoms with van der Waals surface area (Å²) in [5.41, 5.74) is 2.47. The molecule has 0 aromatic heterocycles. The van der Waals surface area contributed by atoms with Crippen molar-refractivity contribution < 1.29 is 13.2 Å². The first kappa shape index (κ1) is 16.3. The number of hydrogen-bond donors (Lipinski definition) is 1. The maximum Gasteiger partial charge on any atom is 0.258 e. The number of nitrogens with zero attached hydrogens (tertiary/aromatic N) is 1. The standard InChI is InChI=1S/C19H20N2O3S/c22-19(21-12-4-7-14-5-1-2-9-18(14)21)15-6-3-8-17(13-15)25(23,24)20-16-10-11-16/h1-3,5-6,8-9,13,16,20H,4,7,10-12H2. The number of benzene rings is 2. The number of sulfonamides is 1. The zero-order valence-electron chi connectivity index (χ0n) is 13.8. The van der Waals surface area contributed by atoms with E-state index in [0.29, 0.717) is 12.1 Å². The van der Waals surface area contributed by atoms with Crippen LogP contribution in [0.1, 0.15) is 35.2 Å². The van der Waals surface area contributed by atoms with Crippen LogP contribution in [0.2, 0.25) is 0 Å². The SMILES string of the molecule is O=C(c1cccc(S(=O)(=O)NC2CC2)c1)N1CCCc2ccccc21. The number of rotatable bonds is 4. The van der Waals surface area contributed by atoms with Crippen molar-refractivity contribution >= 4 is 21.6 Å². The van der Waals surface area contributed by atoms with Crippen molar-refractivity contribution in [3.8, 4) is 0 Å². The molecule has 1 amide bonds. The Morgan fingerprint density at radius 2 is 1.88 bits per heavy atom. The van der Waals surface area contributed by atoms with E-state index in [0.717, 1.165) is 36.9 Å². The molecule has 1 aliphatic heterocycles. The third kappa shape index (κ3) is 3.32. The second-order valence-corrected chi connectivity index (χ2v) is 8.33. The molecule has 4 rings (SSSR count). The number of nitrogens with one attached hydrogen (secondary N) is 1. The lowest BCUT2D eigenvalue weighted by Crippen LogP contribution is -2.35. The third-order valence-corrected chi connectivity index (χ3v) is 6.16. The summed E-state index contributed by atoms with van der Waals surface area (Å²) in [4.78, 5) is 14.9. The van der Waals surface area contributed by atoms with Crippen LogP contribution in [-0.2, 0) is 16.4 Å². The van der Waals surface area contributed by atoms with Gasteiger partial charge in [-0.05, 0) is 55.5 Å². The summed E-state index contributed by atoms with van der Waals surface area (Å²) < 4.78 is 27.4. The molecule has 1 heterocycles. The van der Waals surface area contributed by atoms with Crippen molar-refractivity contribution in [1.82, 2.24) is 4.72 Å². The van der Waals surface area contributed by atoms with Gasteiger partial charge in [0.1, 0.15) is 0 Å². The molecule has 5 nitrogen and oxygen atoms in total. The smallest absolute Gasteiger partial charge is 0.258 e. The Balaban J connectivity index is 1.64. The van der Waals surface area contributed by atoms with E-state index in [1.807, 2.05) is 24.3 Å². The minimum absolute atomic E-state index is 0.0401. The summed E-state index contributed by atoms with van der Waals surface area (Å²) in [6.45, 7) is 0.646. The Kier molecular flexibility index (Phi) is 4.09. The predicted octanol–water partition coefficient (Wildman–Crippen LogP) is 2.72. The first-order valence-electron chi connectivity index (χ1n) is 8.57. The van der Waals surface area contributed by atoms with Gasteiger partial charge in [-0.25, -0.2) is 13.1 Å². The van der Waals surface area contributed by atoms with E-state index in [9.17, 15) is 13.2 Å². The molecule has 1 aliphatic carbocycles. The molecule has 1 saturated carbocycles. The summed E-state index contributed by atoms with van der Waals surface area (Å²) in [6, 6.07) is 14.2. The lowest BCUT2D eigenvalue weighted by molar-refractivity contribution is 0.0985. The highest BCUT2D eigenvalue weighted by atomic mass is 32.2. The summed E-state index contributed by atoms with van der Waals surface area (Å²) in [6.07, 6.45) is 3.62. The van der Waals surface area contributed by atoms with Crippen LogP contribution in [0.5, 0.6) is 0 Å². The van der Waals surface area contributed by atoms with Gasteiger partial charge in [-0.15, -0.1) is 0 Å². The van der Waals surface area contributed by atoms with Crippen LogP contribution in [0.15, 0.2) is 53.4 Å². The normalized spacial score (nSPS) is 17.2. The summed E-state index contributed by atoms with van der Waals surface area (Å²) in [5.74, 6) is -0.157. The second kappa shape index (κ2) is 6.28. The highest BCUT2D eigenvalue weighted by Gasteiger charge is 2.29. The molecular formula is C19H20N2O3S. The minimum atomic E-state index is -3.57. The average Bonchev–Trinajstić information content (AvgIpc) is 3.44. The van der Waals surface area contributed by atoms with Crippen LogP contribution in [-0.4, -0.2) is 26.9 Å². The Morgan fingerprint density at radius 1 is 1.08 bits per heavy atom. The molecular weight excluding hydrogens is 336 g/mol. The van der Waals surface area contributed by atoms with Gasteiger partial charge >= 0.3 is 0 Å². The van der Waals surface area contributed by atoms with Gasteiger partial charge in [0.05, 0.1) is 4.90 Å². The number of anilines is 1. The van der Waals surface area contributed by atoms with Gasteiger partial charge in [-0.3, -0.25) is 4.79 Å². The van der Waals surface area contributed by atoms with E-state index in [-0.39, 0.29) is 16.8 Å². The number of carbonyl (C=O) groups is 1. The van der Waals surface area contributed by atoms with Crippen LogP contribution in [0.25, 0.3) is 0 Å². The summed E-state index contributed by atoms with van der Waals surface area (Å²) in [5, 5.41) is 0. The lowest BCUT2D eigenvalue weighted by atomic mass is 10.0. The van der Waals surface area contributed by atoms with Crippen LogP contribution in [0, 0.1) is 0 Å². The van der Waals surface area contributed by atoms with Crippen molar-refractivity contribution in [2.24, 2.45) is 0 Å². The van der Waals surface area contributed by atoms with Gasteiger partial charge in [0, 0.05) is 23.8 Å². The van der Waals surface area contributed by atoms with E-state index in [4.69, 9.17) is 0 Å². The molecule has 0 atom stereocenters. The Bertz CT molecular complexity index is 920. The number of carbonyl (C=O) groups excluding carboxylic acids is 1. The molecule has 25 heavy (non-hydrogen) atoms. The van der Waals surface area contributed by atoms with Gasteiger partial charge in [-0.1, -0.05) is 24.3 Å². The number of hydrogen-bond acceptors (Lipinski definition) is 3. The largest absolute Gasteiger partial charge is 0.308 e. The van der Waals surface area contributed by atoms with Crippen molar-refractivity contribution in [3.63, 3.8) is 0 Å². The fraction of sp³-hybridized carbons (Fsp3) is 0.316. The average molecular weight is 356 g/mol. The van der Waals surface area contributed by atoms with Crippen molar-refractivity contribution in [2.45, 2.75) is 36.6 Å². The molecule has 1 fully saturated rings. The van der Waals surface area contributed by atoms with Crippen molar-refractivity contribution in [1.29, 1.82) is 0 Å². The van der Waals surface area contributed by atoms with Crippen LogP contribution < -0.4 is 9.62 Å². The van der Waals surface area contributed by atoms with E-state index >= 15 is 0 Å².